The molecule has 0 bridgehead atoms. The Kier molecular flexibility index (Phi) is 3.89. The van der Waals surface area contributed by atoms with Gasteiger partial charge in [-0.25, -0.2) is 0 Å². The van der Waals surface area contributed by atoms with E-state index in [9.17, 15) is 9.90 Å². The quantitative estimate of drug-likeness (QED) is 0.585. The van der Waals surface area contributed by atoms with Gasteiger partial charge in [-0.05, 0) is 18.0 Å². The Bertz CT molecular complexity index is 283. The van der Waals surface area contributed by atoms with Crippen LogP contribution < -0.4 is 0 Å². The van der Waals surface area contributed by atoms with Gasteiger partial charge in [-0.3, -0.25) is 4.79 Å². The van der Waals surface area contributed by atoms with Crippen molar-refractivity contribution < 1.29 is 9.90 Å². The summed E-state index contributed by atoms with van der Waals surface area (Å²) in [6, 6.07) is 0. The second kappa shape index (κ2) is 4.97. The van der Waals surface area contributed by atoms with Gasteiger partial charge in [0.15, 0.2) is 11.5 Å². The summed E-state index contributed by atoms with van der Waals surface area (Å²) in [7, 11) is 0. The maximum Gasteiger partial charge on any atom is 0.178 e. The minimum atomic E-state index is 0.00782. The summed E-state index contributed by atoms with van der Waals surface area (Å²) < 4.78 is 3.74. The van der Waals surface area contributed by atoms with Crippen LogP contribution in [0.15, 0.2) is 6.20 Å². The third-order valence-electron chi connectivity index (χ3n) is 1.81. The van der Waals surface area contributed by atoms with Crippen LogP contribution in [0.1, 0.15) is 42.3 Å². The second-order valence-corrected chi connectivity index (χ2v) is 3.72. The lowest BCUT2D eigenvalue weighted by Crippen LogP contribution is -1.95. The second-order valence-electron chi connectivity index (χ2n) is 2.92. The number of unbranched alkanes of at least 4 members (excludes halogenated alkanes) is 2. The van der Waals surface area contributed by atoms with Crippen molar-refractivity contribution in [2.45, 2.75) is 32.6 Å². The van der Waals surface area contributed by atoms with Gasteiger partial charge in [0.1, 0.15) is 4.88 Å². The van der Waals surface area contributed by atoms with Crippen LogP contribution in [0.2, 0.25) is 0 Å². The predicted octanol–water partition coefficient (Wildman–Crippen LogP) is 2.61. The van der Waals surface area contributed by atoms with Crippen molar-refractivity contribution >= 4 is 17.3 Å². The molecule has 0 aliphatic carbocycles. The third-order valence-corrected chi connectivity index (χ3v) is 2.64. The minimum Gasteiger partial charge on any atom is -0.505 e. The summed E-state index contributed by atoms with van der Waals surface area (Å²) in [6.45, 7) is 2.09. The molecule has 0 saturated heterocycles. The molecule has 0 atom stereocenters. The molecule has 13 heavy (non-hydrogen) atoms. The molecule has 0 aromatic carbocycles. The zero-order chi connectivity index (χ0) is 9.68. The Morgan fingerprint density at radius 1 is 1.62 bits per heavy atom. The standard InChI is InChI=1S/C9H13NO2S/c1-2-3-4-5-7(11)9-8(12)6-10-13-9/h6,12H,2-5H2,1H3. The zero-order valence-electron chi connectivity index (χ0n) is 7.62. The highest BCUT2D eigenvalue weighted by Crippen LogP contribution is 2.22. The monoisotopic (exact) mass is 199 g/mol. The van der Waals surface area contributed by atoms with Crippen LogP contribution in [0.4, 0.5) is 0 Å². The molecule has 1 aromatic rings. The van der Waals surface area contributed by atoms with E-state index in [-0.39, 0.29) is 11.5 Å². The molecular weight excluding hydrogens is 186 g/mol. The lowest BCUT2D eigenvalue weighted by molar-refractivity contribution is 0.0981. The largest absolute Gasteiger partial charge is 0.505 e. The Hall–Kier alpha value is -0.900. The van der Waals surface area contributed by atoms with Crippen LogP contribution in [0.25, 0.3) is 0 Å². The molecule has 0 aliphatic rings. The lowest BCUT2D eigenvalue weighted by atomic mass is 10.1. The number of Topliss-reactive ketones (excluding diaryl/α,β-unsaturated/α-hetero) is 1. The van der Waals surface area contributed by atoms with Crippen molar-refractivity contribution in [3.05, 3.63) is 11.1 Å². The Labute approximate surface area is 81.6 Å². The van der Waals surface area contributed by atoms with Gasteiger partial charge >= 0.3 is 0 Å². The molecule has 1 heterocycles. The van der Waals surface area contributed by atoms with E-state index in [1.54, 1.807) is 0 Å². The first-order valence-corrected chi connectivity index (χ1v) is 5.20. The summed E-state index contributed by atoms with van der Waals surface area (Å²) in [5.74, 6) is 0.0277. The molecule has 0 amide bonds. The fraction of sp³-hybridized carbons (Fsp3) is 0.556. The van der Waals surface area contributed by atoms with Gasteiger partial charge < -0.3 is 5.11 Å². The molecule has 0 radical (unpaired) electrons. The molecule has 0 saturated carbocycles. The molecule has 1 rings (SSSR count). The summed E-state index contributed by atoms with van der Waals surface area (Å²) >= 11 is 1.07. The lowest BCUT2D eigenvalue weighted by Gasteiger charge is -1.96. The summed E-state index contributed by atoms with van der Waals surface area (Å²) in [6.07, 6.45) is 4.89. The first-order chi connectivity index (χ1) is 6.25. The van der Waals surface area contributed by atoms with Crippen LogP contribution in [0.5, 0.6) is 5.75 Å². The van der Waals surface area contributed by atoms with Crippen molar-refractivity contribution in [3.8, 4) is 5.75 Å². The molecule has 72 valence electrons. The number of ketones is 1. The number of nitrogens with zero attached hydrogens (tertiary/aromatic N) is 1. The first-order valence-electron chi connectivity index (χ1n) is 4.42. The van der Waals surface area contributed by atoms with Gasteiger partial charge in [0.2, 0.25) is 0 Å². The van der Waals surface area contributed by atoms with E-state index < -0.39 is 0 Å². The fourth-order valence-corrected chi connectivity index (χ4v) is 1.69. The highest BCUT2D eigenvalue weighted by Gasteiger charge is 2.12. The molecule has 1 N–H and O–H groups in total. The molecule has 0 aliphatic heterocycles. The molecular formula is C9H13NO2S. The van der Waals surface area contributed by atoms with Crippen molar-refractivity contribution in [3.63, 3.8) is 0 Å². The highest BCUT2D eigenvalue weighted by molar-refractivity contribution is 7.08. The fourth-order valence-electron chi connectivity index (χ4n) is 1.08. The van der Waals surface area contributed by atoms with Crippen molar-refractivity contribution in [1.82, 2.24) is 4.37 Å². The van der Waals surface area contributed by atoms with E-state index in [0.29, 0.717) is 11.3 Å². The minimum absolute atomic E-state index is 0.00782. The normalized spacial score (nSPS) is 10.2. The highest BCUT2D eigenvalue weighted by atomic mass is 32.1. The number of aromatic hydroxyl groups is 1. The topological polar surface area (TPSA) is 50.2 Å². The van der Waals surface area contributed by atoms with E-state index in [1.165, 1.54) is 6.20 Å². The van der Waals surface area contributed by atoms with Gasteiger partial charge in [-0.2, -0.15) is 4.37 Å². The molecule has 1 aromatic heterocycles. The SMILES string of the molecule is CCCCCC(=O)c1sncc1O. The first kappa shape index (κ1) is 10.2. The Morgan fingerprint density at radius 3 is 2.92 bits per heavy atom. The Balaban J connectivity index is 2.45. The number of hydrogen-bond acceptors (Lipinski definition) is 4. The van der Waals surface area contributed by atoms with Gasteiger partial charge in [0.25, 0.3) is 0 Å². The molecule has 0 fully saturated rings. The predicted molar refractivity (Wildman–Crippen MR) is 52.3 cm³/mol. The number of carbonyl (C=O) groups is 1. The Morgan fingerprint density at radius 2 is 2.38 bits per heavy atom. The van der Waals surface area contributed by atoms with Crippen LogP contribution in [0.3, 0.4) is 0 Å². The molecule has 0 unspecified atom stereocenters. The molecule has 0 spiro atoms. The summed E-state index contributed by atoms with van der Waals surface area (Å²) in [5.41, 5.74) is 0. The van der Waals surface area contributed by atoms with Crippen molar-refractivity contribution in [1.29, 1.82) is 0 Å². The zero-order valence-corrected chi connectivity index (χ0v) is 8.43. The van der Waals surface area contributed by atoms with E-state index >= 15 is 0 Å². The van der Waals surface area contributed by atoms with E-state index in [1.807, 2.05) is 0 Å². The van der Waals surface area contributed by atoms with Crippen molar-refractivity contribution in [2.75, 3.05) is 0 Å². The van der Waals surface area contributed by atoms with Crippen molar-refractivity contribution in [2.24, 2.45) is 0 Å². The van der Waals surface area contributed by atoms with Crippen LogP contribution >= 0.6 is 11.5 Å². The number of aromatic nitrogens is 1. The maximum absolute atomic E-state index is 11.4. The van der Waals surface area contributed by atoms with Crippen LogP contribution in [-0.4, -0.2) is 15.3 Å². The summed E-state index contributed by atoms with van der Waals surface area (Å²) in [4.78, 5) is 11.8. The van der Waals surface area contributed by atoms with E-state index in [0.717, 1.165) is 30.8 Å². The maximum atomic E-state index is 11.4. The van der Waals surface area contributed by atoms with Gasteiger partial charge in [-0.1, -0.05) is 19.8 Å². The smallest absolute Gasteiger partial charge is 0.178 e. The number of rotatable bonds is 5. The molecule has 3 nitrogen and oxygen atoms in total. The molecule has 4 heteroatoms. The van der Waals surface area contributed by atoms with Gasteiger partial charge in [0, 0.05) is 6.42 Å². The average molecular weight is 199 g/mol. The number of hydrogen-bond donors (Lipinski definition) is 1. The third kappa shape index (κ3) is 2.81. The van der Waals surface area contributed by atoms with Gasteiger partial charge in [-0.15, -0.1) is 0 Å². The summed E-state index contributed by atoms with van der Waals surface area (Å²) in [5, 5.41) is 9.20. The van der Waals surface area contributed by atoms with E-state index in [4.69, 9.17) is 0 Å². The van der Waals surface area contributed by atoms with Crippen LogP contribution in [0, 0.1) is 0 Å². The van der Waals surface area contributed by atoms with Crippen LogP contribution in [-0.2, 0) is 0 Å². The number of carbonyl (C=O) groups excluding carboxylic acids is 1. The average Bonchev–Trinajstić information content (AvgIpc) is 2.52. The van der Waals surface area contributed by atoms with Gasteiger partial charge in [0.05, 0.1) is 6.20 Å². The van der Waals surface area contributed by atoms with E-state index in [2.05, 4.69) is 11.3 Å².